The number of carboxylic acids is 1. The van der Waals surface area contributed by atoms with Crippen LogP contribution in [0.15, 0.2) is 30.6 Å². The van der Waals surface area contributed by atoms with Gasteiger partial charge in [-0.05, 0) is 18.2 Å². The third-order valence-electron chi connectivity index (χ3n) is 2.20. The molecule has 0 aliphatic carbocycles. The summed E-state index contributed by atoms with van der Waals surface area (Å²) in [5.74, 6) is -1.01. The maximum atomic E-state index is 11.0. The number of nitrogens with one attached hydrogen (secondary N) is 1. The Morgan fingerprint density at radius 3 is 2.88 bits per heavy atom. The van der Waals surface area contributed by atoms with E-state index in [1.807, 2.05) is 0 Å². The summed E-state index contributed by atoms with van der Waals surface area (Å²) < 4.78 is 1.62. The highest BCUT2D eigenvalue weighted by Crippen LogP contribution is 2.24. The van der Waals surface area contributed by atoms with Gasteiger partial charge in [0.25, 0.3) is 0 Å². The smallest absolute Gasteiger partial charge is 0.337 e. The third kappa shape index (κ3) is 2.57. The molecule has 2 rings (SSSR count). The van der Waals surface area contributed by atoms with Crippen LogP contribution in [0.25, 0.3) is 0 Å². The van der Waals surface area contributed by atoms with Crippen LogP contribution in [0.4, 0.5) is 11.4 Å². The van der Waals surface area contributed by atoms with Gasteiger partial charge in [0.2, 0.25) is 0 Å². The zero-order chi connectivity index (χ0) is 12.4. The van der Waals surface area contributed by atoms with Crippen LogP contribution in [0.5, 0.6) is 0 Å². The first-order chi connectivity index (χ1) is 8.06. The molecule has 0 atom stereocenters. The third-order valence-corrected chi connectivity index (χ3v) is 2.43. The number of nitrogens with zero attached hydrogens (tertiary/aromatic N) is 2. The minimum absolute atomic E-state index is 0.165. The molecule has 1 aromatic heterocycles. The molecule has 0 amide bonds. The average Bonchev–Trinajstić information content (AvgIpc) is 2.63. The quantitative estimate of drug-likeness (QED) is 0.880. The first-order valence-corrected chi connectivity index (χ1v) is 5.22. The Balaban J connectivity index is 2.37. The van der Waals surface area contributed by atoms with Crippen LogP contribution in [0.3, 0.4) is 0 Å². The van der Waals surface area contributed by atoms with Gasteiger partial charge in [-0.3, -0.25) is 4.68 Å². The van der Waals surface area contributed by atoms with Gasteiger partial charge in [0.05, 0.1) is 23.1 Å². The minimum atomic E-state index is -1.01. The molecule has 17 heavy (non-hydrogen) atoms. The number of halogens is 1. The van der Waals surface area contributed by atoms with Gasteiger partial charge in [-0.2, -0.15) is 5.10 Å². The Morgan fingerprint density at radius 2 is 2.29 bits per heavy atom. The average molecular weight is 252 g/mol. The van der Waals surface area contributed by atoms with Crippen molar-refractivity contribution in [1.29, 1.82) is 0 Å². The van der Waals surface area contributed by atoms with Crippen LogP contribution in [-0.4, -0.2) is 20.9 Å². The van der Waals surface area contributed by atoms with Crippen LogP contribution in [-0.2, 0) is 7.05 Å². The summed E-state index contributed by atoms with van der Waals surface area (Å²) in [7, 11) is 1.78. The van der Waals surface area contributed by atoms with E-state index >= 15 is 0 Å². The van der Waals surface area contributed by atoms with E-state index in [0.717, 1.165) is 0 Å². The van der Waals surface area contributed by atoms with Gasteiger partial charge < -0.3 is 10.4 Å². The predicted molar refractivity (Wildman–Crippen MR) is 64.9 cm³/mol. The van der Waals surface area contributed by atoms with Gasteiger partial charge >= 0.3 is 5.97 Å². The number of aryl methyl sites for hydroxylation is 1. The van der Waals surface area contributed by atoms with Gasteiger partial charge in [0.1, 0.15) is 0 Å². The lowest BCUT2D eigenvalue weighted by Gasteiger charge is -2.07. The Labute approximate surface area is 103 Å². The number of aromatic carboxylic acids is 1. The maximum absolute atomic E-state index is 11.0. The number of aromatic nitrogens is 2. The largest absolute Gasteiger partial charge is 0.478 e. The second-order valence-electron chi connectivity index (χ2n) is 3.52. The number of hydrogen-bond acceptors (Lipinski definition) is 3. The van der Waals surface area contributed by atoms with E-state index < -0.39 is 5.97 Å². The molecule has 1 aromatic carbocycles. The fraction of sp³-hybridized carbons (Fsp3) is 0.0909. The van der Waals surface area contributed by atoms with E-state index in [-0.39, 0.29) is 5.56 Å². The molecule has 88 valence electrons. The van der Waals surface area contributed by atoms with Crippen molar-refractivity contribution < 1.29 is 9.90 Å². The van der Waals surface area contributed by atoms with E-state index in [4.69, 9.17) is 16.7 Å². The zero-order valence-corrected chi connectivity index (χ0v) is 9.77. The van der Waals surface area contributed by atoms with Crippen LogP contribution < -0.4 is 5.32 Å². The molecule has 0 aliphatic heterocycles. The predicted octanol–water partition coefficient (Wildman–Crippen LogP) is 2.52. The van der Waals surface area contributed by atoms with Crippen LogP contribution in [0.1, 0.15) is 10.4 Å². The molecular formula is C11H10ClN3O2. The lowest BCUT2D eigenvalue weighted by atomic mass is 10.2. The van der Waals surface area contributed by atoms with Crippen LogP contribution in [0, 0.1) is 0 Å². The fourth-order valence-corrected chi connectivity index (χ4v) is 1.62. The first-order valence-electron chi connectivity index (χ1n) is 4.85. The highest BCUT2D eigenvalue weighted by molar-refractivity contribution is 6.31. The second kappa shape index (κ2) is 4.47. The molecule has 2 aromatic rings. The molecule has 0 aliphatic rings. The molecular weight excluding hydrogens is 242 g/mol. The van der Waals surface area contributed by atoms with Crippen molar-refractivity contribution >= 4 is 28.9 Å². The van der Waals surface area contributed by atoms with Crippen LogP contribution >= 0.6 is 11.6 Å². The van der Waals surface area contributed by atoms with Crippen molar-refractivity contribution in [2.45, 2.75) is 0 Å². The summed E-state index contributed by atoms with van der Waals surface area (Å²) in [4.78, 5) is 11.0. The molecule has 0 bridgehead atoms. The van der Waals surface area contributed by atoms with E-state index in [1.165, 1.54) is 6.07 Å². The van der Waals surface area contributed by atoms with Crippen molar-refractivity contribution in [2.24, 2.45) is 7.05 Å². The number of benzene rings is 1. The summed E-state index contributed by atoms with van der Waals surface area (Å²) in [5, 5.41) is 16.5. The summed E-state index contributed by atoms with van der Waals surface area (Å²) in [6, 6.07) is 4.57. The van der Waals surface area contributed by atoms with E-state index in [2.05, 4.69) is 10.4 Å². The Hall–Kier alpha value is -2.01. The minimum Gasteiger partial charge on any atom is -0.478 e. The molecule has 0 saturated carbocycles. The monoisotopic (exact) mass is 251 g/mol. The lowest BCUT2D eigenvalue weighted by Crippen LogP contribution is -2.02. The topological polar surface area (TPSA) is 67.2 Å². The lowest BCUT2D eigenvalue weighted by molar-refractivity contribution is 0.0698. The van der Waals surface area contributed by atoms with Gasteiger partial charge in [-0.1, -0.05) is 11.6 Å². The van der Waals surface area contributed by atoms with E-state index in [0.29, 0.717) is 16.4 Å². The molecule has 0 spiro atoms. The van der Waals surface area contributed by atoms with Crippen molar-refractivity contribution in [3.05, 3.63) is 41.2 Å². The standard InChI is InChI=1S/C11H10ClN3O2/c1-15-6-8(5-13-15)14-10-4-7(12)2-3-9(10)11(16)17/h2-6,14H,1H3,(H,16,17). The zero-order valence-electron chi connectivity index (χ0n) is 9.01. The highest BCUT2D eigenvalue weighted by atomic mass is 35.5. The van der Waals surface area contributed by atoms with Crippen molar-refractivity contribution in [1.82, 2.24) is 9.78 Å². The molecule has 0 saturated heterocycles. The first kappa shape index (κ1) is 11.5. The number of anilines is 2. The molecule has 6 heteroatoms. The Morgan fingerprint density at radius 1 is 1.53 bits per heavy atom. The Kier molecular flexibility index (Phi) is 3.01. The van der Waals surface area contributed by atoms with Gasteiger partial charge in [0, 0.05) is 18.3 Å². The summed E-state index contributed by atoms with van der Waals surface area (Å²) in [5.41, 5.74) is 1.31. The van der Waals surface area contributed by atoms with Gasteiger partial charge in [-0.15, -0.1) is 0 Å². The number of carboxylic acid groups (broad SMARTS) is 1. The van der Waals surface area contributed by atoms with Crippen LogP contribution in [0.2, 0.25) is 5.02 Å². The maximum Gasteiger partial charge on any atom is 0.337 e. The number of rotatable bonds is 3. The fourth-order valence-electron chi connectivity index (χ4n) is 1.45. The highest BCUT2D eigenvalue weighted by Gasteiger charge is 2.11. The van der Waals surface area contributed by atoms with Crippen molar-refractivity contribution in [3.63, 3.8) is 0 Å². The summed E-state index contributed by atoms with van der Waals surface area (Å²) >= 11 is 5.84. The molecule has 2 N–H and O–H groups in total. The van der Waals surface area contributed by atoms with Crippen molar-refractivity contribution in [3.8, 4) is 0 Å². The summed E-state index contributed by atoms with van der Waals surface area (Å²) in [6.45, 7) is 0. The Bertz CT molecular complexity index is 566. The summed E-state index contributed by atoms with van der Waals surface area (Å²) in [6.07, 6.45) is 3.35. The van der Waals surface area contributed by atoms with Crippen molar-refractivity contribution in [2.75, 3.05) is 5.32 Å². The number of carbonyl (C=O) groups is 1. The van der Waals surface area contributed by atoms with Gasteiger partial charge in [-0.25, -0.2) is 4.79 Å². The molecule has 0 radical (unpaired) electrons. The SMILES string of the molecule is Cn1cc(Nc2cc(Cl)ccc2C(=O)O)cn1. The van der Waals surface area contributed by atoms with E-state index in [9.17, 15) is 4.79 Å². The molecule has 1 heterocycles. The molecule has 0 fully saturated rings. The molecule has 5 nitrogen and oxygen atoms in total. The van der Waals surface area contributed by atoms with E-state index in [1.54, 1.807) is 36.3 Å². The van der Waals surface area contributed by atoms with Gasteiger partial charge in [0.15, 0.2) is 0 Å². The normalized spacial score (nSPS) is 10.2. The molecule has 0 unspecified atom stereocenters. The second-order valence-corrected chi connectivity index (χ2v) is 3.96. The number of hydrogen-bond donors (Lipinski definition) is 2.